The van der Waals surface area contributed by atoms with E-state index in [9.17, 15) is 4.79 Å². The number of amides is 1. The largest absolute Gasteiger partial charge is 0.356 e. The Kier molecular flexibility index (Phi) is 2.52. The minimum atomic E-state index is 0.0991. The average Bonchev–Trinajstić information content (AvgIpc) is 2.96. The van der Waals surface area contributed by atoms with Gasteiger partial charge in [0, 0.05) is 19.0 Å². The number of nitrogens with one attached hydrogen (secondary N) is 1. The summed E-state index contributed by atoms with van der Waals surface area (Å²) >= 11 is 0. The molecule has 0 aromatic carbocycles. The van der Waals surface area contributed by atoms with E-state index in [4.69, 9.17) is 5.73 Å². The second-order valence-corrected chi connectivity index (χ2v) is 5.29. The molecule has 1 atom stereocenters. The van der Waals surface area contributed by atoms with E-state index in [1.807, 2.05) is 0 Å². The molecule has 0 aromatic rings. The summed E-state index contributed by atoms with van der Waals surface area (Å²) in [5.74, 6) is 0.759. The molecule has 0 bridgehead atoms. The van der Waals surface area contributed by atoms with Crippen LogP contribution in [0.2, 0.25) is 0 Å². The highest BCUT2D eigenvalue weighted by atomic mass is 16.1. The normalized spacial score (nSPS) is 25.6. The molecule has 3 heteroatoms. The monoisotopic (exact) mass is 196 g/mol. The van der Waals surface area contributed by atoms with Crippen LogP contribution < -0.4 is 11.1 Å². The molecule has 0 aromatic heterocycles. The third kappa shape index (κ3) is 2.71. The summed E-state index contributed by atoms with van der Waals surface area (Å²) in [6.45, 7) is 3.05. The molecule has 1 unspecified atom stereocenters. The van der Waals surface area contributed by atoms with Crippen LogP contribution in [0.15, 0.2) is 0 Å². The zero-order valence-electron chi connectivity index (χ0n) is 8.88. The molecule has 80 valence electrons. The highest BCUT2D eigenvalue weighted by molar-refractivity contribution is 5.76. The second kappa shape index (κ2) is 3.54. The van der Waals surface area contributed by atoms with Crippen LogP contribution in [0.4, 0.5) is 0 Å². The first-order chi connectivity index (χ1) is 6.59. The van der Waals surface area contributed by atoms with Crippen LogP contribution in [0.3, 0.4) is 0 Å². The molecular formula is C11H20N2O. The smallest absolute Gasteiger partial charge is 0.221 e. The quantitative estimate of drug-likeness (QED) is 0.690. The first-order valence-electron chi connectivity index (χ1n) is 5.61. The van der Waals surface area contributed by atoms with Gasteiger partial charge in [-0.2, -0.15) is 0 Å². The Bertz CT molecular complexity index is 231. The Morgan fingerprint density at radius 3 is 2.71 bits per heavy atom. The Morgan fingerprint density at radius 2 is 2.21 bits per heavy atom. The van der Waals surface area contributed by atoms with E-state index in [2.05, 4.69) is 12.2 Å². The highest BCUT2D eigenvalue weighted by Gasteiger charge is 2.37. The summed E-state index contributed by atoms with van der Waals surface area (Å²) < 4.78 is 0. The van der Waals surface area contributed by atoms with Crippen molar-refractivity contribution in [3.63, 3.8) is 0 Å². The van der Waals surface area contributed by atoms with Crippen molar-refractivity contribution >= 4 is 5.91 Å². The van der Waals surface area contributed by atoms with Crippen molar-refractivity contribution in [2.75, 3.05) is 6.54 Å². The number of carbonyl (C=O) groups is 1. The maximum absolute atomic E-state index is 11.5. The zero-order valence-corrected chi connectivity index (χ0v) is 8.88. The Labute approximate surface area is 85.4 Å². The van der Waals surface area contributed by atoms with Crippen molar-refractivity contribution in [3.8, 4) is 0 Å². The first kappa shape index (κ1) is 9.97. The van der Waals surface area contributed by atoms with Crippen LogP contribution in [-0.4, -0.2) is 18.5 Å². The van der Waals surface area contributed by atoms with Gasteiger partial charge in [-0.05, 0) is 37.0 Å². The lowest BCUT2D eigenvalue weighted by molar-refractivity contribution is -0.121. The molecule has 0 heterocycles. The molecule has 2 saturated carbocycles. The molecule has 1 amide bonds. The zero-order chi connectivity index (χ0) is 10.2. The van der Waals surface area contributed by atoms with E-state index >= 15 is 0 Å². The van der Waals surface area contributed by atoms with E-state index in [1.54, 1.807) is 0 Å². The van der Waals surface area contributed by atoms with E-state index < -0.39 is 0 Å². The standard InChI is InChI=1S/C11H20N2O/c1-11(4-5-11)7-13-10(14)6-9(12)8-2-3-8/h8-9H,2-7,12H2,1H3,(H,13,14). The fourth-order valence-corrected chi connectivity index (χ4v) is 1.68. The van der Waals surface area contributed by atoms with Crippen molar-refractivity contribution in [2.45, 2.75) is 45.1 Å². The van der Waals surface area contributed by atoms with Crippen LogP contribution in [0, 0.1) is 11.3 Å². The third-order valence-electron chi connectivity index (χ3n) is 3.46. The van der Waals surface area contributed by atoms with E-state index in [0.29, 0.717) is 17.8 Å². The van der Waals surface area contributed by atoms with Gasteiger partial charge in [0.2, 0.25) is 5.91 Å². The van der Waals surface area contributed by atoms with E-state index in [0.717, 1.165) is 6.54 Å². The molecule has 0 aliphatic heterocycles. The Morgan fingerprint density at radius 1 is 1.57 bits per heavy atom. The molecule has 14 heavy (non-hydrogen) atoms. The summed E-state index contributed by atoms with van der Waals surface area (Å²) in [5, 5.41) is 2.98. The van der Waals surface area contributed by atoms with Gasteiger partial charge in [0.15, 0.2) is 0 Å². The van der Waals surface area contributed by atoms with Gasteiger partial charge in [-0.1, -0.05) is 6.92 Å². The van der Waals surface area contributed by atoms with Gasteiger partial charge in [-0.15, -0.1) is 0 Å². The van der Waals surface area contributed by atoms with Crippen LogP contribution >= 0.6 is 0 Å². The van der Waals surface area contributed by atoms with Gasteiger partial charge in [-0.25, -0.2) is 0 Å². The SMILES string of the molecule is CC1(CNC(=O)CC(N)C2CC2)CC1. The van der Waals surface area contributed by atoms with Gasteiger partial charge in [0.25, 0.3) is 0 Å². The van der Waals surface area contributed by atoms with Crippen molar-refractivity contribution in [2.24, 2.45) is 17.1 Å². The maximum Gasteiger partial charge on any atom is 0.221 e. The van der Waals surface area contributed by atoms with Gasteiger partial charge in [0.1, 0.15) is 0 Å². The molecule has 3 N–H and O–H groups in total. The average molecular weight is 196 g/mol. The number of rotatable bonds is 5. The predicted molar refractivity (Wildman–Crippen MR) is 55.7 cm³/mol. The van der Waals surface area contributed by atoms with Crippen LogP contribution in [0.1, 0.15) is 39.0 Å². The summed E-state index contributed by atoms with van der Waals surface area (Å²) in [7, 11) is 0. The van der Waals surface area contributed by atoms with Gasteiger partial charge < -0.3 is 11.1 Å². The number of hydrogen-bond acceptors (Lipinski definition) is 2. The fraction of sp³-hybridized carbons (Fsp3) is 0.909. The van der Waals surface area contributed by atoms with Crippen LogP contribution in [-0.2, 0) is 4.79 Å². The molecule has 0 saturated heterocycles. The van der Waals surface area contributed by atoms with E-state index in [1.165, 1.54) is 25.7 Å². The topological polar surface area (TPSA) is 55.1 Å². The van der Waals surface area contributed by atoms with E-state index in [-0.39, 0.29) is 11.9 Å². The summed E-state index contributed by atoms with van der Waals surface area (Å²) in [6, 6.07) is 0.0991. The lowest BCUT2D eigenvalue weighted by Gasteiger charge is -2.13. The Balaban J connectivity index is 1.62. The summed E-state index contributed by atoms with van der Waals surface area (Å²) in [5.41, 5.74) is 6.28. The molecule has 2 fully saturated rings. The van der Waals surface area contributed by atoms with Gasteiger partial charge >= 0.3 is 0 Å². The van der Waals surface area contributed by atoms with Crippen LogP contribution in [0.25, 0.3) is 0 Å². The maximum atomic E-state index is 11.5. The van der Waals surface area contributed by atoms with Crippen molar-refractivity contribution < 1.29 is 4.79 Å². The number of nitrogens with two attached hydrogens (primary N) is 1. The van der Waals surface area contributed by atoms with Crippen LogP contribution in [0.5, 0.6) is 0 Å². The first-order valence-corrected chi connectivity index (χ1v) is 5.61. The minimum Gasteiger partial charge on any atom is -0.356 e. The van der Waals surface area contributed by atoms with Gasteiger partial charge in [0.05, 0.1) is 0 Å². The lowest BCUT2D eigenvalue weighted by Crippen LogP contribution is -2.35. The van der Waals surface area contributed by atoms with Crippen molar-refractivity contribution in [1.82, 2.24) is 5.32 Å². The molecule has 2 aliphatic rings. The van der Waals surface area contributed by atoms with Crippen molar-refractivity contribution in [1.29, 1.82) is 0 Å². The van der Waals surface area contributed by atoms with Gasteiger partial charge in [-0.3, -0.25) is 4.79 Å². The lowest BCUT2D eigenvalue weighted by atomic mass is 10.1. The predicted octanol–water partition coefficient (Wildman–Crippen LogP) is 1.03. The third-order valence-corrected chi connectivity index (χ3v) is 3.46. The molecule has 2 aliphatic carbocycles. The molecular weight excluding hydrogens is 176 g/mol. The summed E-state index contributed by atoms with van der Waals surface area (Å²) in [6.07, 6.45) is 5.45. The molecule has 3 nitrogen and oxygen atoms in total. The van der Waals surface area contributed by atoms with Crippen molar-refractivity contribution in [3.05, 3.63) is 0 Å². The molecule has 0 spiro atoms. The number of hydrogen-bond donors (Lipinski definition) is 2. The minimum absolute atomic E-state index is 0.0991. The molecule has 0 radical (unpaired) electrons. The fourth-order valence-electron chi connectivity index (χ4n) is 1.68. The second-order valence-electron chi connectivity index (χ2n) is 5.29. The summed E-state index contributed by atoms with van der Waals surface area (Å²) in [4.78, 5) is 11.5. The highest BCUT2D eigenvalue weighted by Crippen LogP contribution is 2.44. The molecule has 2 rings (SSSR count). The Hall–Kier alpha value is -0.570. The number of carbonyl (C=O) groups excluding carboxylic acids is 1.